The van der Waals surface area contributed by atoms with Crippen LogP contribution in [0.5, 0.6) is 0 Å². The molecular weight excluding hydrogens is 409 g/mol. The number of benzene rings is 1. The number of halogens is 2. The lowest BCUT2D eigenvalue weighted by Crippen LogP contribution is -2.29. The Labute approximate surface area is 165 Å². The van der Waals surface area contributed by atoms with Gasteiger partial charge in [-0.15, -0.1) is 0 Å². The van der Waals surface area contributed by atoms with Crippen LogP contribution in [-0.4, -0.2) is 40.3 Å². The van der Waals surface area contributed by atoms with Gasteiger partial charge in [-0.2, -0.15) is 9.78 Å². The molecule has 28 heavy (non-hydrogen) atoms. The number of carbonyl (C=O) groups is 1. The standard InChI is InChI=1S/C17H15ClFN5O3S/c1-10(16-21-9-22-24(16)15-4-3-13(19)8-20-15)23-17(25)11-5-12(18)7-14(6-11)28(2,26)27/h3-10H,1-2H3,(H,23,25)/t10-/m1/s1. The van der Waals surface area contributed by atoms with Crippen molar-refractivity contribution in [2.75, 3.05) is 6.26 Å². The van der Waals surface area contributed by atoms with Crippen LogP contribution in [0.15, 0.2) is 47.8 Å². The fourth-order valence-electron chi connectivity index (χ4n) is 2.47. The van der Waals surface area contributed by atoms with Crippen LogP contribution >= 0.6 is 11.6 Å². The summed E-state index contributed by atoms with van der Waals surface area (Å²) in [4.78, 5) is 20.6. The van der Waals surface area contributed by atoms with E-state index in [1.165, 1.54) is 41.3 Å². The van der Waals surface area contributed by atoms with Crippen LogP contribution in [0.25, 0.3) is 5.82 Å². The number of nitrogens with zero attached hydrogens (tertiary/aromatic N) is 4. The maximum atomic E-state index is 13.1. The smallest absolute Gasteiger partial charge is 0.251 e. The fourth-order valence-corrected chi connectivity index (χ4v) is 3.45. The Hall–Kier alpha value is -2.85. The highest BCUT2D eigenvalue weighted by molar-refractivity contribution is 7.90. The zero-order valence-electron chi connectivity index (χ0n) is 14.8. The molecule has 0 bridgehead atoms. The van der Waals surface area contributed by atoms with Crippen LogP contribution in [0, 0.1) is 5.82 Å². The van der Waals surface area contributed by atoms with E-state index in [1.807, 2.05) is 0 Å². The van der Waals surface area contributed by atoms with Gasteiger partial charge < -0.3 is 5.32 Å². The average molecular weight is 424 g/mol. The van der Waals surface area contributed by atoms with E-state index in [9.17, 15) is 17.6 Å². The molecule has 0 spiro atoms. The number of carbonyl (C=O) groups excluding carboxylic acids is 1. The van der Waals surface area contributed by atoms with Gasteiger partial charge in [0.1, 0.15) is 12.1 Å². The predicted octanol–water partition coefficient (Wildman–Crippen LogP) is 2.35. The summed E-state index contributed by atoms with van der Waals surface area (Å²) in [5.41, 5.74) is 0.0887. The van der Waals surface area contributed by atoms with E-state index in [1.54, 1.807) is 6.92 Å². The van der Waals surface area contributed by atoms with Crippen molar-refractivity contribution in [2.45, 2.75) is 17.9 Å². The van der Waals surface area contributed by atoms with Crippen molar-refractivity contribution in [3.63, 3.8) is 0 Å². The molecule has 146 valence electrons. The van der Waals surface area contributed by atoms with Crippen LogP contribution in [0.2, 0.25) is 5.02 Å². The molecule has 3 rings (SSSR count). The van der Waals surface area contributed by atoms with Crippen molar-refractivity contribution < 1.29 is 17.6 Å². The summed E-state index contributed by atoms with van der Waals surface area (Å²) in [5, 5.41) is 6.88. The topological polar surface area (TPSA) is 107 Å². The minimum Gasteiger partial charge on any atom is -0.342 e. The Balaban J connectivity index is 1.86. The zero-order valence-corrected chi connectivity index (χ0v) is 16.4. The summed E-state index contributed by atoms with van der Waals surface area (Å²) in [6, 6.07) is 5.93. The molecule has 0 saturated carbocycles. The van der Waals surface area contributed by atoms with Crippen LogP contribution < -0.4 is 5.32 Å². The number of pyridine rings is 1. The number of aromatic nitrogens is 4. The molecule has 2 aromatic heterocycles. The summed E-state index contributed by atoms with van der Waals surface area (Å²) in [5.74, 6) is -0.342. The molecule has 2 heterocycles. The second-order valence-corrected chi connectivity index (χ2v) is 8.46. The van der Waals surface area contributed by atoms with Gasteiger partial charge in [-0.3, -0.25) is 4.79 Å². The number of nitrogens with one attached hydrogen (secondary N) is 1. The third-order valence-electron chi connectivity index (χ3n) is 3.80. The van der Waals surface area contributed by atoms with E-state index < -0.39 is 27.6 Å². The molecular formula is C17H15ClFN5O3S. The molecule has 0 unspecified atom stereocenters. The summed E-state index contributed by atoms with van der Waals surface area (Å²) in [7, 11) is -3.53. The van der Waals surface area contributed by atoms with Gasteiger partial charge in [-0.05, 0) is 37.3 Å². The molecule has 0 aliphatic rings. The number of amides is 1. The van der Waals surface area contributed by atoms with Gasteiger partial charge in [0.05, 0.1) is 17.1 Å². The Morgan fingerprint density at radius 1 is 1.25 bits per heavy atom. The van der Waals surface area contributed by atoms with Crippen LogP contribution in [0.1, 0.15) is 29.1 Å². The first kappa shape index (κ1) is 19.9. The van der Waals surface area contributed by atoms with E-state index in [2.05, 4.69) is 20.4 Å². The summed E-state index contributed by atoms with van der Waals surface area (Å²) >= 11 is 5.94. The molecule has 1 aromatic carbocycles. The fraction of sp³-hybridized carbons (Fsp3) is 0.176. The minimum atomic E-state index is -3.53. The lowest BCUT2D eigenvalue weighted by Gasteiger charge is -2.15. The second kappa shape index (κ2) is 7.64. The van der Waals surface area contributed by atoms with E-state index in [-0.39, 0.29) is 15.5 Å². The Bertz CT molecular complexity index is 1130. The van der Waals surface area contributed by atoms with Gasteiger partial charge in [0, 0.05) is 16.8 Å². The molecule has 3 aromatic rings. The molecule has 1 amide bonds. The minimum absolute atomic E-state index is 0.0588. The van der Waals surface area contributed by atoms with Crippen LogP contribution in [-0.2, 0) is 9.84 Å². The van der Waals surface area contributed by atoms with Gasteiger partial charge in [0.15, 0.2) is 21.5 Å². The molecule has 0 aliphatic heterocycles. The van der Waals surface area contributed by atoms with E-state index in [0.29, 0.717) is 11.6 Å². The maximum Gasteiger partial charge on any atom is 0.251 e. The number of hydrogen-bond acceptors (Lipinski definition) is 6. The largest absolute Gasteiger partial charge is 0.342 e. The highest BCUT2D eigenvalue weighted by Crippen LogP contribution is 2.20. The van der Waals surface area contributed by atoms with Crippen LogP contribution in [0.3, 0.4) is 0 Å². The third-order valence-corrected chi connectivity index (χ3v) is 5.11. The van der Waals surface area contributed by atoms with Crippen molar-refractivity contribution in [1.82, 2.24) is 25.1 Å². The van der Waals surface area contributed by atoms with E-state index >= 15 is 0 Å². The summed E-state index contributed by atoms with van der Waals surface area (Å²) in [6.07, 6.45) is 3.36. The number of rotatable bonds is 5. The number of hydrogen-bond donors (Lipinski definition) is 1. The van der Waals surface area contributed by atoms with E-state index in [0.717, 1.165) is 12.5 Å². The quantitative estimate of drug-likeness (QED) is 0.675. The first-order valence-electron chi connectivity index (χ1n) is 7.98. The van der Waals surface area contributed by atoms with Crippen molar-refractivity contribution in [3.8, 4) is 5.82 Å². The summed E-state index contributed by atoms with van der Waals surface area (Å²) in [6.45, 7) is 1.67. The van der Waals surface area contributed by atoms with Gasteiger partial charge in [0.25, 0.3) is 5.91 Å². The van der Waals surface area contributed by atoms with Crippen LogP contribution in [0.4, 0.5) is 4.39 Å². The maximum absolute atomic E-state index is 13.1. The van der Waals surface area contributed by atoms with Gasteiger partial charge in [-0.25, -0.2) is 22.8 Å². The van der Waals surface area contributed by atoms with Crippen molar-refractivity contribution >= 4 is 27.3 Å². The Morgan fingerprint density at radius 3 is 2.64 bits per heavy atom. The SMILES string of the molecule is C[C@@H](NC(=O)c1cc(Cl)cc(S(C)(=O)=O)c1)c1ncnn1-c1ccc(F)cn1. The normalized spacial score (nSPS) is 12.6. The van der Waals surface area contributed by atoms with Gasteiger partial charge in [0.2, 0.25) is 0 Å². The average Bonchev–Trinajstić information content (AvgIpc) is 3.11. The first-order chi connectivity index (χ1) is 13.1. The van der Waals surface area contributed by atoms with Gasteiger partial charge in [-0.1, -0.05) is 11.6 Å². The monoisotopic (exact) mass is 423 g/mol. The predicted molar refractivity (Wildman–Crippen MR) is 99.6 cm³/mol. The highest BCUT2D eigenvalue weighted by atomic mass is 35.5. The molecule has 0 radical (unpaired) electrons. The molecule has 8 nitrogen and oxygen atoms in total. The van der Waals surface area contributed by atoms with Crippen molar-refractivity contribution in [2.24, 2.45) is 0 Å². The van der Waals surface area contributed by atoms with Crippen molar-refractivity contribution in [3.05, 3.63) is 65.1 Å². The lowest BCUT2D eigenvalue weighted by molar-refractivity contribution is 0.0937. The second-order valence-electron chi connectivity index (χ2n) is 6.01. The number of sulfone groups is 1. The highest BCUT2D eigenvalue weighted by Gasteiger charge is 2.20. The first-order valence-corrected chi connectivity index (χ1v) is 10.3. The Kier molecular flexibility index (Phi) is 5.43. The van der Waals surface area contributed by atoms with Gasteiger partial charge >= 0.3 is 0 Å². The zero-order chi connectivity index (χ0) is 20.5. The molecule has 11 heteroatoms. The summed E-state index contributed by atoms with van der Waals surface area (Å²) < 4.78 is 37.9. The lowest BCUT2D eigenvalue weighted by atomic mass is 10.2. The molecule has 1 N–H and O–H groups in total. The molecule has 0 fully saturated rings. The van der Waals surface area contributed by atoms with Crippen molar-refractivity contribution in [1.29, 1.82) is 0 Å². The molecule has 0 aliphatic carbocycles. The third kappa shape index (κ3) is 4.34. The Morgan fingerprint density at radius 2 is 2.00 bits per heavy atom. The molecule has 0 saturated heterocycles. The van der Waals surface area contributed by atoms with E-state index in [4.69, 9.17) is 11.6 Å². The molecule has 1 atom stereocenters.